The number of hydroxylamine groups is 1. The molecule has 2 heterocycles. The van der Waals surface area contributed by atoms with Crippen LogP contribution in [0.25, 0.3) is 0 Å². The summed E-state index contributed by atoms with van der Waals surface area (Å²) in [6.07, 6.45) is 5.97. The fourth-order valence-corrected chi connectivity index (χ4v) is 4.05. The van der Waals surface area contributed by atoms with Gasteiger partial charge in [-0.05, 0) is 31.0 Å². The molecule has 9 heteroatoms. The number of halogens is 1. The number of nitrogens with zero attached hydrogens (tertiary/aromatic N) is 2. The topological polar surface area (TPSA) is 98.3 Å². The summed E-state index contributed by atoms with van der Waals surface area (Å²) in [5.41, 5.74) is 3.92. The van der Waals surface area contributed by atoms with Gasteiger partial charge in [-0.1, -0.05) is 37.3 Å². The van der Waals surface area contributed by atoms with Crippen molar-refractivity contribution in [3.63, 3.8) is 0 Å². The van der Waals surface area contributed by atoms with Gasteiger partial charge in [0.1, 0.15) is 18.1 Å². The predicted molar refractivity (Wildman–Crippen MR) is 110 cm³/mol. The standard InChI is InChI=1S/C21H26ClN3O5/c1-27-11-17-18(29-20(23-17)13-6-4-2-3-5-7-13)12-28-14-8-9-15(16(22)10-14)19-24-21(26)30-25-19/h8-10,13,21,26H,2-7,11-12H2,1H3,(H,24,25). The first-order chi connectivity index (χ1) is 14.6. The molecule has 0 saturated heterocycles. The van der Waals surface area contributed by atoms with Crippen LogP contribution in [-0.2, 0) is 22.8 Å². The molecule has 1 aromatic carbocycles. The van der Waals surface area contributed by atoms with Gasteiger partial charge in [-0.3, -0.25) is 0 Å². The third-order valence-electron chi connectivity index (χ3n) is 5.35. The van der Waals surface area contributed by atoms with Crippen LogP contribution in [0.3, 0.4) is 0 Å². The Morgan fingerprint density at radius 1 is 1.20 bits per heavy atom. The molecule has 1 aliphatic heterocycles. The van der Waals surface area contributed by atoms with E-state index in [-0.39, 0.29) is 6.61 Å². The van der Waals surface area contributed by atoms with Crippen molar-refractivity contribution in [1.29, 1.82) is 0 Å². The normalized spacial score (nSPS) is 20.0. The van der Waals surface area contributed by atoms with Crippen LogP contribution in [0.5, 0.6) is 5.75 Å². The number of aliphatic imine (C=N–C) groups is 1. The van der Waals surface area contributed by atoms with Crippen molar-refractivity contribution in [1.82, 2.24) is 10.5 Å². The van der Waals surface area contributed by atoms with Crippen molar-refractivity contribution in [2.45, 2.75) is 64.1 Å². The minimum atomic E-state index is -1.24. The maximum absolute atomic E-state index is 9.33. The van der Waals surface area contributed by atoms with Crippen molar-refractivity contribution in [2.24, 2.45) is 4.99 Å². The van der Waals surface area contributed by atoms with Gasteiger partial charge in [-0.15, -0.1) is 0 Å². The van der Waals surface area contributed by atoms with Gasteiger partial charge in [0.25, 0.3) is 6.41 Å². The quantitative estimate of drug-likeness (QED) is 0.633. The van der Waals surface area contributed by atoms with E-state index in [1.165, 1.54) is 25.7 Å². The molecule has 0 radical (unpaired) electrons. The van der Waals surface area contributed by atoms with Gasteiger partial charge in [-0.25, -0.2) is 20.3 Å². The van der Waals surface area contributed by atoms with Crippen LogP contribution >= 0.6 is 11.6 Å². The first-order valence-electron chi connectivity index (χ1n) is 10.2. The van der Waals surface area contributed by atoms with Crippen LogP contribution in [0.4, 0.5) is 0 Å². The lowest BCUT2D eigenvalue weighted by Gasteiger charge is -2.09. The molecule has 1 aliphatic carbocycles. The van der Waals surface area contributed by atoms with Gasteiger partial charge in [0, 0.05) is 18.6 Å². The maximum atomic E-state index is 9.33. The van der Waals surface area contributed by atoms with Gasteiger partial charge in [-0.2, -0.15) is 0 Å². The Bertz CT molecular complexity index is 893. The van der Waals surface area contributed by atoms with E-state index in [9.17, 15) is 5.11 Å². The molecule has 2 aliphatic rings. The third-order valence-corrected chi connectivity index (χ3v) is 5.66. The number of hydrogen-bond acceptors (Lipinski definition) is 8. The van der Waals surface area contributed by atoms with Crippen LogP contribution in [0.15, 0.2) is 27.6 Å². The van der Waals surface area contributed by atoms with E-state index in [0.29, 0.717) is 40.5 Å². The minimum absolute atomic E-state index is 0.231. The van der Waals surface area contributed by atoms with E-state index >= 15 is 0 Å². The number of amidine groups is 1. The largest absolute Gasteiger partial charge is 0.486 e. The van der Waals surface area contributed by atoms with Crippen LogP contribution in [0.2, 0.25) is 5.02 Å². The lowest BCUT2D eigenvalue weighted by atomic mass is 10.0. The van der Waals surface area contributed by atoms with Gasteiger partial charge in [0.05, 0.1) is 11.6 Å². The number of hydrogen-bond donors (Lipinski definition) is 2. The number of benzene rings is 1. The summed E-state index contributed by atoms with van der Waals surface area (Å²) in [6.45, 7) is 0.609. The van der Waals surface area contributed by atoms with E-state index in [1.807, 2.05) is 0 Å². The Hall–Kier alpha value is -2.13. The second kappa shape index (κ2) is 9.78. The van der Waals surface area contributed by atoms with E-state index < -0.39 is 6.41 Å². The van der Waals surface area contributed by atoms with Gasteiger partial charge in [0.15, 0.2) is 17.5 Å². The van der Waals surface area contributed by atoms with Crippen molar-refractivity contribution >= 4 is 17.4 Å². The zero-order valence-electron chi connectivity index (χ0n) is 16.9. The number of aromatic nitrogens is 1. The van der Waals surface area contributed by atoms with Crippen molar-refractivity contribution in [2.75, 3.05) is 7.11 Å². The molecular weight excluding hydrogens is 410 g/mol. The van der Waals surface area contributed by atoms with Crippen LogP contribution < -0.4 is 10.2 Å². The first-order valence-corrected chi connectivity index (χ1v) is 10.6. The summed E-state index contributed by atoms with van der Waals surface area (Å²) in [5.74, 6) is 2.78. The van der Waals surface area contributed by atoms with Crippen LogP contribution in [-0.4, -0.2) is 29.4 Å². The SMILES string of the molecule is COCc1nc(C2CCCCCC2)oc1COc1ccc(C2=NC(O)ON2)c(Cl)c1. The smallest absolute Gasteiger partial charge is 0.280 e. The van der Waals surface area contributed by atoms with Crippen LogP contribution in [0, 0.1) is 0 Å². The highest BCUT2D eigenvalue weighted by atomic mass is 35.5. The maximum Gasteiger partial charge on any atom is 0.280 e. The van der Waals surface area contributed by atoms with E-state index in [0.717, 1.165) is 24.4 Å². The first kappa shape index (κ1) is 21.1. The minimum Gasteiger partial charge on any atom is -0.486 e. The summed E-state index contributed by atoms with van der Waals surface area (Å²) in [5, 5.41) is 9.75. The number of aliphatic hydroxyl groups is 1. The van der Waals surface area contributed by atoms with Gasteiger partial charge >= 0.3 is 0 Å². The lowest BCUT2D eigenvalue weighted by Crippen LogP contribution is -2.19. The molecule has 0 bridgehead atoms. The Kier molecular flexibility index (Phi) is 6.89. The molecule has 1 saturated carbocycles. The Morgan fingerprint density at radius 2 is 2.00 bits per heavy atom. The molecule has 1 unspecified atom stereocenters. The zero-order chi connectivity index (χ0) is 20.9. The van der Waals surface area contributed by atoms with E-state index in [4.69, 9.17) is 35.3 Å². The molecule has 30 heavy (non-hydrogen) atoms. The molecule has 1 aromatic heterocycles. The van der Waals surface area contributed by atoms with Gasteiger partial charge < -0.3 is 19.0 Å². The number of rotatable bonds is 7. The second-order valence-electron chi connectivity index (χ2n) is 7.50. The van der Waals surface area contributed by atoms with E-state index in [2.05, 4.69) is 10.5 Å². The molecule has 0 amide bonds. The molecule has 4 rings (SSSR count). The van der Waals surface area contributed by atoms with Crippen molar-refractivity contribution < 1.29 is 23.8 Å². The number of nitrogens with one attached hydrogen (secondary N) is 1. The molecule has 1 atom stereocenters. The fourth-order valence-electron chi connectivity index (χ4n) is 3.79. The molecule has 8 nitrogen and oxygen atoms in total. The lowest BCUT2D eigenvalue weighted by molar-refractivity contribution is -0.102. The molecule has 1 fully saturated rings. The fraction of sp³-hybridized carbons (Fsp3) is 0.524. The molecule has 2 N–H and O–H groups in total. The predicted octanol–water partition coefficient (Wildman–Crippen LogP) is 4.05. The molecule has 2 aromatic rings. The third kappa shape index (κ3) is 4.95. The highest BCUT2D eigenvalue weighted by molar-refractivity contribution is 6.34. The van der Waals surface area contributed by atoms with Gasteiger partial charge in [0.2, 0.25) is 0 Å². The Labute approximate surface area is 180 Å². The average Bonchev–Trinajstić information content (AvgIpc) is 3.23. The summed E-state index contributed by atoms with van der Waals surface area (Å²) in [6, 6.07) is 5.21. The summed E-state index contributed by atoms with van der Waals surface area (Å²) >= 11 is 6.35. The number of oxazole rings is 1. The molecule has 0 spiro atoms. The number of methoxy groups -OCH3 is 1. The molecular formula is C21H26ClN3O5. The van der Waals surface area contributed by atoms with Crippen molar-refractivity contribution in [3.8, 4) is 5.75 Å². The Balaban J connectivity index is 1.46. The highest BCUT2D eigenvalue weighted by Crippen LogP contribution is 2.33. The number of aliphatic hydroxyl groups excluding tert-OH is 1. The van der Waals surface area contributed by atoms with E-state index in [1.54, 1.807) is 25.3 Å². The molecule has 162 valence electrons. The highest BCUT2D eigenvalue weighted by Gasteiger charge is 2.23. The second-order valence-corrected chi connectivity index (χ2v) is 7.90. The summed E-state index contributed by atoms with van der Waals surface area (Å²) in [7, 11) is 1.64. The monoisotopic (exact) mass is 435 g/mol. The average molecular weight is 436 g/mol. The summed E-state index contributed by atoms with van der Waals surface area (Å²) in [4.78, 5) is 13.4. The van der Waals surface area contributed by atoms with Crippen LogP contribution in [0.1, 0.15) is 67.4 Å². The summed E-state index contributed by atoms with van der Waals surface area (Å²) < 4.78 is 17.3. The number of ether oxygens (including phenoxy) is 2. The Morgan fingerprint density at radius 3 is 2.67 bits per heavy atom. The van der Waals surface area contributed by atoms with Crippen molar-refractivity contribution in [3.05, 3.63) is 46.1 Å². The zero-order valence-corrected chi connectivity index (χ0v) is 17.7.